The smallest absolute Gasteiger partial charge is 0.296 e. The lowest BCUT2D eigenvalue weighted by atomic mass is 9.96. The summed E-state index contributed by atoms with van der Waals surface area (Å²) in [6.07, 6.45) is 1.76. The predicted molar refractivity (Wildman–Crippen MR) is 149 cm³/mol. The molecule has 4 aromatic rings. The topological polar surface area (TPSA) is 94.7 Å². The molecule has 1 aliphatic heterocycles. The van der Waals surface area contributed by atoms with Gasteiger partial charge >= 0.3 is 0 Å². The van der Waals surface area contributed by atoms with Gasteiger partial charge in [-0.15, -0.1) is 0 Å². The van der Waals surface area contributed by atoms with Crippen LogP contribution in [-0.4, -0.2) is 33.8 Å². The van der Waals surface area contributed by atoms with Crippen molar-refractivity contribution in [2.45, 2.75) is 25.9 Å². The fraction of sp³-hybridized carbons (Fsp3) is 0.214. The summed E-state index contributed by atoms with van der Waals surface area (Å²) >= 11 is 5.85. The number of nitro benzene ring substituents is 1. The quantitative estimate of drug-likeness (QED) is 0.188. The molecule has 194 valence electrons. The van der Waals surface area contributed by atoms with Crippen LogP contribution in [0, 0.1) is 24.0 Å². The Kier molecular flexibility index (Phi) is 6.73. The van der Waals surface area contributed by atoms with Gasteiger partial charge in [0.25, 0.3) is 5.69 Å². The summed E-state index contributed by atoms with van der Waals surface area (Å²) in [6.45, 7) is 3.91. The van der Waals surface area contributed by atoms with Gasteiger partial charge in [0.1, 0.15) is 17.2 Å². The fourth-order valence-corrected chi connectivity index (χ4v) is 5.48. The number of hydrogen-bond donors (Lipinski definition) is 1. The second kappa shape index (κ2) is 10.1. The van der Waals surface area contributed by atoms with Crippen LogP contribution in [0.3, 0.4) is 0 Å². The van der Waals surface area contributed by atoms with E-state index in [9.17, 15) is 10.1 Å². The van der Waals surface area contributed by atoms with Crippen LogP contribution in [0.15, 0.2) is 72.9 Å². The Morgan fingerprint density at radius 2 is 1.76 bits per heavy atom. The first-order valence-corrected chi connectivity index (χ1v) is 12.4. The molecule has 1 saturated heterocycles. The molecule has 1 N–H and O–H groups in total. The van der Waals surface area contributed by atoms with Gasteiger partial charge in [0, 0.05) is 29.3 Å². The number of hydrogen-bond acceptors (Lipinski definition) is 6. The summed E-state index contributed by atoms with van der Waals surface area (Å²) in [5.74, 6) is 1.14. The van der Waals surface area contributed by atoms with E-state index in [2.05, 4.69) is 21.3 Å². The molecule has 0 radical (unpaired) electrons. The molecule has 0 spiro atoms. The van der Waals surface area contributed by atoms with Gasteiger partial charge in [0.15, 0.2) is 5.11 Å². The number of benzene rings is 2. The molecular formula is C28H27N5O4S. The Labute approximate surface area is 225 Å². The van der Waals surface area contributed by atoms with Crippen LogP contribution in [0.4, 0.5) is 11.4 Å². The highest BCUT2D eigenvalue weighted by atomic mass is 32.1. The first kappa shape index (κ1) is 25.2. The Hall–Kier alpha value is -4.44. The monoisotopic (exact) mass is 529 g/mol. The van der Waals surface area contributed by atoms with Crippen molar-refractivity contribution in [2.75, 3.05) is 19.1 Å². The maximum atomic E-state index is 12.0. The van der Waals surface area contributed by atoms with E-state index in [1.165, 1.54) is 13.2 Å². The highest BCUT2D eigenvalue weighted by molar-refractivity contribution is 7.80. The van der Waals surface area contributed by atoms with E-state index in [4.69, 9.17) is 21.7 Å². The van der Waals surface area contributed by atoms with E-state index in [1.807, 2.05) is 60.9 Å². The molecule has 0 saturated carbocycles. The zero-order valence-corrected chi connectivity index (χ0v) is 22.2. The molecule has 38 heavy (non-hydrogen) atoms. The Bertz CT molecular complexity index is 1520. The lowest BCUT2D eigenvalue weighted by molar-refractivity contribution is -0.384. The molecule has 5 rings (SSSR count). The van der Waals surface area contributed by atoms with Crippen LogP contribution < -0.4 is 19.7 Å². The van der Waals surface area contributed by atoms with Gasteiger partial charge in [-0.1, -0.05) is 12.1 Å². The standard InChI is InChI=1S/C28H27N5O4S/c1-17-14-22(18(2)31(17)24-12-11-21(37-4)16-25(24)33(34)35)27-26(23-10-5-6-13-29-23)30-28(38)32(27)19-8-7-9-20(15-19)36-3/h5-16,26-27H,1-4H3,(H,30,38)/t26-,27-/m0/s1. The predicted octanol–water partition coefficient (Wildman–Crippen LogP) is 5.59. The SMILES string of the molecule is COc1cccc(N2C(=S)N[C@@H](c3ccccn3)[C@@H]2c2cc(C)n(-c3ccc(OC)cc3[N+](=O)[O-])c2C)c1. The van der Waals surface area contributed by atoms with Gasteiger partial charge in [-0.05, 0) is 74.1 Å². The number of ether oxygens (including phenoxy) is 2. The highest BCUT2D eigenvalue weighted by Crippen LogP contribution is 2.44. The van der Waals surface area contributed by atoms with Gasteiger partial charge in [0.2, 0.25) is 0 Å². The number of rotatable bonds is 7. The molecule has 2 atom stereocenters. The minimum Gasteiger partial charge on any atom is -0.497 e. The zero-order valence-electron chi connectivity index (χ0n) is 21.4. The number of anilines is 1. The van der Waals surface area contributed by atoms with Crippen molar-refractivity contribution < 1.29 is 14.4 Å². The number of nitrogens with one attached hydrogen (secondary N) is 1. The van der Waals surface area contributed by atoms with E-state index in [1.54, 1.807) is 25.4 Å². The number of nitrogens with zero attached hydrogens (tertiary/aromatic N) is 4. The lowest BCUT2D eigenvalue weighted by Crippen LogP contribution is -2.29. The number of pyridine rings is 1. The lowest BCUT2D eigenvalue weighted by Gasteiger charge is -2.28. The third kappa shape index (κ3) is 4.32. The summed E-state index contributed by atoms with van der Waals surface area (Å²) in [4.78, 5) is 18.3. The molecule has 2 aromatic heterocycles. The summed E-state index contributed by atoms with van der Waals surface area (Å²) < 4.78 is 12.6. The van der Waals surface area contributed by atoms with Gasteiger partial charge in [0.05, 0.1) is 43.0 Å². The first-order chi connectivity index (χ1) is 18.3. The first-order valence-electron chi connectivity index (χ1n) is 12.0. The molecule has 1 fully saturated rings. The molecule has 1 aliphatic rings. The summed E-state index contributed by atoms with van der Waals surface area (Å²) in [6, 6.07) is 19.9. The zero-order chi connectivity index (χ0) is 27.0. The van der Waals surface area contributed by atoms with Gasteiger partial charge in [-0.3, -0.25) is 15.1 Å². The van der Waals surface area contributed by atoms with Crippen molar-refractivity contribution in [3.05, 3.63) is 106 Å². The van der Waals surface area contributed by atoms with Crippen molar-refractivity contribution in [2.24, 2.45) is 0 Å². The summed E-state index contributed by atoms with van der Waals surface area (Å²) in [7, 11) is 3.12. The van der Waals surface area contributed by atoms with Gasteiger partial charge in [-0.2, -0.15) is 0 Å². The fourth-order valence-electron chi connectivity index (χ4n) is 5.13. The van der Waals surface area contributed by atoms with E-state index < -0.39 is 0 Å². The maximum absolute atomic E-state index is 12.0. The van der Waals surface area contributed by atoms with Crippen LogP contribution in [0.5, 0.6) is 11.5 Å². The molecule has 9 nitrogen and oxygen atoms in total. The van der Waals surface area contributed by atoms with Crippen molar-refractivity contribution in [3.63, 3.8) is 0 Å². The van der Waals surface area contributed by atoms with E-state index >= 15 is 0 Å². The van der Waals surface area contributed by atoms with Crippen molar-refractivity contribution in [1.29, 1.82) is 0 Å². The van der Waals surface area contributed by atoms with E-state index in [-0.39, 0.29) is 22.7 Å². The highest BCUT2D eigenvalue weighted by Gasteiger charge is 2.42. The average molecular weight is 530 g/mol. The molecule has 0 unspecified atom stereocenters. The Balaban J connectivity index is 1.70. The molecule has 0 bridgehead atoms. The molecule has 0 aliphatic carbocycles. The minimum absolute atomic E-state index is 0.0382. The second-order valence-electron chi connectivity index (χ2n) is 8.97. The Morgan fingerprint density at radius 3 is 2.45 bits per heavy atom. The number of aromatic nitrogens is 2. The number of nitro groups is 1. The third-order valence-corrected chi connectivity index (χ3v) is 7.15. The van der Waals surface area contributed by atoms with Crippen LogP contribution in [0.2, 0.25) is 0 Å². The summed E-state index contributed by atoms with van der Waals surface area (Å²) in [5.41, 5.74) is 4.82. The molecule has 10 heteroatoms. The van der Waals surface area contributed by atoms with Crippen LogP contribution in [0.1, 0.15) is 34.7 Å². The number of thiocarbonyl (C=S) groups is 1. The minimum atomic E-state index is -0.387. The van der Waals surface area contributed by atoms with E-state index in [0.29, 0.717) is 22.3 Å². The molecular weight excluding hydrogens is 502 g/mol. The third-order valence-electron chi connectivity index (χ3n) is 6.84. The maximum Gasteiger partial charge on any atom is 0.296 e. The molecule has 3 heterocycles. The van der Waals surface area contributed by atoms with Crippen molar-refractivity contribution >= 4 is 28.7 Å². The van der Waals surface area contributed by atoms with Gasteiger partial charge < -0.3 is 24.3 Å². The molecule has 2 aromatic carbocycles. The second-order valence-corrected chi connectivity index (χ2v) is 9.36. The van der Waals surface area contributed by atoms with Crippen molar-refractivity contribution in [1.82, 2.24) is 14.9 Å². The molecule has 0 amide bonds. The number of methoxy groups -OCH3 is 2. The van der Waals surface area contributed by atoms with Crippen molar-refractivity contribution in [3.8, 4) is 17.2 Å². The van der Waals surface area contributed by atoms with Crippen LogP contribution >= 0.6 is 12.2 Å². The van der Waals surface area contributed by atoms with Crippen LogP contribution in [-0.2, 0) is 0 Å². The number of aryl methyl sites for hydroxylation is 1. The normalized spacial score (nSPS) is 16.8. The Morgan fingerprint density at radius 1 is 1.00 bits per heavy atom. The van der Waals surface area contributed by atoms with Gasteiger partial charge in [-0.25, -0.2) is 0 Å². The average Bonchev–Trinajstić information content (AvgIpc) is 3.43. The van der Waals surface area contributed by atoms with Crippen LogP contribution in [0.25, 0.3) is 5.69 Å². The summed E-state index contributed by atoms with van der Waals surface area (Å²) in [5, 5.41) is 16.0. The van der Waals surface area contributed by atoms with E-state index in [0.717, 1.165) is 28.3 Å². The largest absolute Gasteiger partial charge is 0.497 e.